The first-order valence-corrected chi connectivity index (χ1v) is 7.51. The van der Waals surface area contributed by atoms with E-state index in [1.165, 1.54) is 24.3 Å². The molecule has 2 aromatic rings. The molecular formula is C17H11N3O7. The number of fused-ring (bicyclic) bond motifs is 1. The third kappa shape index (κ3) is 2.88. The van der Waals surface area contributed by atoms with Gasteiger partial charge in [-0.15, -0.1) is 0 Å². The number of aliphatic imine (C=N–C) groups is 1. The number of carbonyl (C=O) groups excluding carboxylic acids is 1. The van der Waals surface area contributed by atoms with Crippen molar-refractivity contribution < 1.29 is 24.9 Å². The van der Waals surface area contributed by atoms with E-state index in [0.29, 0.717) is 0 Å². The molecule has 0 aliphatic heterocycles. The number of phenols is 1. The van der Waals surface area contributed by atoms with Crippen LogP contribution in [0.1, 0.15) is 18.1 Å². The van der Waals surface area contributed by atoms with E-state index in [9.17, 15) is 35.2 Å². The SMILES string of the molecule is CC(=O)C1=C(O)c2c(cccc2[N+](=O)[O-])C1=Nc1ccc([N+](=O)[O-])cc1O. The normalized spacial score (nSPS) is 14.3. The molecule has 1 aliphatic rings. The number of ketones is 1. The van der Waals surface area contributed by atoms with E-state index in [1.807, 2.05) is 0 Å². The summed E-state index contributed by atoms with van der Waals surface area (Å²) in [6.45, 7) is 1.16. The van der Waals surface area contributed by atoms with Gasteiger partial charge in [0.2, 0.25) is 0 Å². The molecule has 1 aliphatic carbocycles. The largest absolute Gasteiger partial charge is 0.506 e. The summed E-state index contributed by atoms with van der Waals surface area (Å²) in [5.74, 6) is -1.68. The van der Waals surface area contributed by atoms with E-state index in [0.717, 1.165) is 19.1 Å². The molecule has 0 atom stereocenters. The number of hydrogen-bond donors (Lipinski definition) is 2. The van der Waals surface area contributed by atoms with Crippen molar-refractivity contribution in [2.45, 2.75) is 6.92 Å². The first kappa shape index (κ1) is 17.7. The van der Waals surface area contributed by atoms with Crippen molar-refractivity contribution in [3.05, 3.63) is 73.3 Å². The molecule has 10 nitrogen and oxygen atoms in total. The molecule has 0 saturated heterocycles. The van der Waals surface area contributed by atoms with Gasteiger partial charge in [0, 0.05) is 17.7 Å². The van der Waals surface area contributed by atoms with Gasteiger partial charge in [-0.25, -0.2) is 4.99 Å². The monoisotopic (exact) mass is 369 g/mol. The number of nitro groups is 2. The molecule has 0 spiro atoms. The van der Waals surface area contributed by atoms with Crippen LogP contribution in [0.3, 0.4) is 0 Å². The van der Waals surface area contributed by atoms with Gasteiger partial charge in [0.15, 0.2) is 5.78 Å². The number of carbonyl (C=O) groups is 1. The van der Waals surface area contributed by atoms with Gasteiger partial charge >= 0.3 is 0 Å². The first-order valence-electron chi connectivity index (χ1n) is 7.51. The Bertz CT molecular complexity index is 1090. The smallest absolute Gasteiger partial charge is 0.281 e. The molecule has 0 heterocycles. The van der Waals surface area contributed by atoms with Crippen molar-refractivity contribution in [2.24, 2.45) is 4.99 Å². The second-order valence-corrected chi connectivity index (χ2v) is 5.63. The molecule has 2 aromatic carbocycles. The lowest BCUT2D eigenvalue weighted by Crippen LogP contribution is -2.08. The Morgan fingerprint density at radius 2 is 1.78 bits per heavy atom. The van der Waals surface area contributed by atoms with E-state index in [1.54, 1.807) is 0 Å². The fraction of sp³-hybridized carbons (Fsp3) is 0.0588. The molecule has 2 N–H and O–H groups in total. The standard InChI is InChI=1S/C17H11N3O7/c1-8(21)14-16(18-11-6-5-9(19(24)25)7-13(11)22)10-3-2-4-12(20(26)27)15(10)17(14)23/h2-7,22-23H,1H3. The summed E-state index contributed by atoms with van der Waals surface area (Å²) in [7, 11) is 0. The number of hydrogen-bond acceptors (Lipinski definition) is 8. The second-order valence-electron chi connectivity index (χ2n) is 5.63. The molecule has 3 rings (SSSR count). The summed E-state index contributed by atoms with van der Waals surface area (Å²) < 4.78 is 0. The maximum atomic E-state index is 12.0. The summed E-state index contributed by atoms with van der Waals surface area (Å²) in [6.07, 6.45) is 0. The highest BCUT2D eigenvalue weighted by atomic mass is 16.6. The molecule has 0 fully saturated rings. The Morgan fingerprint density at radius 1 is 1.07 bits per heavy atom. The van der Waals surface area contributed by atoms with Crippen LogP contribution in [-0.4, -0.2) is 31.6 Å². The number of benzene rings is 2. The molecule has 0 unspecified atom stereocenters. The van der Waals surface area contributed by atoms with Gasteiger partial charge in [-0.2, -0.15) is 0 Å². The Morgan fingerprint density at radius 3 is 2.33 bits per heavy atom. The van der Waals surface area contributed by atoms with Crippen LogP contribution in [0.5, 0.6) is 5.75 Å². The molecule has 0 aromatic heterocycles. The predicted molar refractivity (Wildman–Crippen MR) is 94.3 cm³/mol. The van der Waals surface area contributed by atoms with Crippen LogP contribution in [0.4, 0.5) is 17.1 Å². The van der Waals surface area contributed by atoms with Crippen LogP contribution >= 0.6 is 0 Å². The number of aliphatic hydroxyl groups excluding tert-OH is 1. The molecule has 27 heavy (non-hydrogen) atoms. The van der Waals surface area contributed by atoms with Gasteiger partial charge in [0.05, 0.1) is 27.2 Å². The Balaban J connectivity index is 2.26. The lowest BCUT2D eigenvalue weighted by molar-refractivity contribution is -0.385. The number of aliphatic hydroxyl groups is 1. The Labute approximate surface area is 151 Å². The first-order chi connectivity index (χ1) is 12.7. The lowest BCUT2D eigenvalue weighted by atomic mass is 10.0. The van der Waals surface area contributed by atoms with Crippen molar-refractivity contribution in [1.29, 1.82) is 0 Å². The average molecular weight is 369 g/mol. The quantitative estimate of drug-likeness (QED) is 0.619. The molecule has 0 amide bonds. The lowest BCUT2D eigenvalue weighted by Gasteiger charge is -2.05. The highest BCUT2D eigenvalue weighted by Crippen LogP contribution is 2.40. The van der Waals surface area contributed by atoms with Crippen molar-refractivity contribution >= 4 is 34.3 Å². The van der Waals surface area contributed by atoms with Crippen molar-refractivity contribution in [3.63, 3.8) is 0 Å². The number of nitrogens with zero attached hydrogens (tertiary/aromatic N) is 3. The number of phenolic OH excluding ortho intramolecular Hbond substituents is 1. The third-order valence-corrected chi connectivity index (χ3v) is 3.96. The van der Waals surface area contributed by atoms with E-state index < -0.39 is 32.8 Å². The van der Waals surface area contributed by atoms with Crippen molar-refractivity contribution in [1.82, 2.24) is 0 Å². The second kappa shape index (κ2) is 6.33. The molecule has 0 bridgehead atoms. The van der Waals surface area contributed by atoms with Gasteiger partial charge in [-0.1, -0.05) is 12.1 Å². The highest BCUT2D eigenvalue weighted by Gasteiger charge is 2.36. The fourth-order valence-corrected chi connectivity index (χ4v) is 2.80. The summed E-state index contributed by atoms with van der Waals surface area (Å²) in [4.78, 5) is 36.8. The number of non-ortho nitro benzene ring substituents is 1. The van der Waals surface area contributed by atoms with Crippen LogP contribution in [-0.2, 0) is 4.79 Å². The van der Waals surface area contributed by atoms with Crippen LogP contribution in [0.2, 0.25) is 0 Å². The Hall–Kier alpha value is -4.08. The summed E-state index contributed by atoms with van der Waals surface area (Å²) in [5.41, 5.74) is -1.16. The fourth-order valence-electron chi connectivity index (χ4n) is 2.80. The third-order valence-electron chi connectivity index (χ3n) is 3.96. The minimum atomic E-state index is -0.697. The zero-order valence-corrected chi connectivity index (χ0v) is 13.7. The zero-order valence-electron chi connectivity index (χ0n) is 13.7. The van der Waals surface area contributed by atoms with E-state index in [2.05, 4.69) is 4.99 Å². The van der Waals surface area contributed by atoms with E-state index >= 15 is 0 Å². The van der Waals surface area contributed by atoms with Crippen LogP contribution in [0.25, 0.3) is 5.76 Å². The van der Waals surface area contributed by atoms with Crippen molar-refractivity contribution in [3.8, 4) is 5.75 Å². The highest BCUT2D eigenvalue weighted by molar-refractivity contribution is 6.36. The molecule has 0 radical (unpaired) electrons. The zero-order chi connectivity index (χ0) is 19.9. The van der Waals surface area contributed by atoms with Gasteiger partial charge < -0.3 is 10.2 Å². The van der Waals surface area contributed by atoms with Crippen LogP contribution in [0, 0.1) is 20.2 Å². The number of Topliss-reactive ketones (excluding diaryl/α,β-unsaturated/α-hetero) is 1. The predicted octanol–water partition coefficient (Wildman–Crippen LogP) is 3.20. The van der Waals surface area contributed by atoms with Gasteiger partial charge in [0.1, 0.15) is 22.8 Å². The Kier molecular flexibility index (Phi) is 4.16. The van der Waals surface area contributed by atoms with E-state index in [4.69, 9.17) is 0 Å². The minimum absolute atomic E-state index is 0.0668. The summed E-state index contributed by atoms with van der Waals surface area (Å²) in [6, 6.07) is 7.16. The minimum Gasteiger partial charge on any atom is -0.506 e. The van der Waals surface area contributed by atoms with Gasteiger partial charge in [0.25, 0.3) is 11.4 Å². The maximum Gasteiger partial charge on any atom is 0.281 e. The topological polar surface area (TPSA) is 156 Å². The van der Waals surface area contributed by atoms with Gasteiger partial charge in [-0.05, 0) is 13.0 Å². The number of nitro benzene ring substituents is 2. The van der Waals surface area contributed by atoms with Crippen molar-refractivity contribution in [2.75, 3.05) is 0 Å². The summed E-state index contributed by atoms with van der Waals surface area (Å²) in [5, 5.41) is 42.4. The van der Waals surface area contributed by atoms with Crippen LogP contribution < -0.4 is 0 Å². The average Bonchev–Trinajstić information content (AvgIpc) is 2.88. The molecule has 136 valence electrons. The number of aromatic hydroxyl groups is 1. The molecule has 10 heteroatoms. The van der Waals surface area contributed by atoms with E-state index in [-0.39, 0.29) is 33.8 Å². The molecule has 0 saturated carbocycles. The van der Waals surface area contributed by atoms with Gasteiger partial charge in [-0.3, -0.25) is 25.0 Å². The van der Waals surface area contributed by atoms with Crippen LogP contribution in [0.15, 0.2) is 47.0 Å². The molecular weight excluding hydrogens is 358 g/mol. The maximum absolute atomic E-state index is 12.0. The number of allylic oxidation sites excluding steroid dienone is 1. The summed E-state index contributed by atoms with van der Waals surface area (Å²) >= 11 is 0. The number of rotatable bonds is 4.